The van der Waals surface area contributed by atoms with Crippen LogP contribution in [0.15, 0.2) is 48.6 Å². The molecule has 1 heterocycles. The molecule has 0 fully saturated rings. The van der Waals surface area contributed by atoms with E-state index in [9.17, 15) is 4.79 Å². The maximum absolute atomic E-state index is 10.5. The van der Waals surface area contributed by atoms with Crippen LogP contribution in [0.2, 0.25) is 0 Å². The van der Waals surface area contributed by atoms with Gasteiger partial charge in [0.15, 0.2) is 0 Å². The predicted molar refractivity (Wildman–Crippen MR) is 110 cm³/mol. The van der Waals surface area contributed by atoms with Crippen molar-refractivity contribution in [3.8, 4) is 11.8 Å². The van der Waals surface area contributed by atoms with E-state index in [-0.39, 0.29) is 0 Å². The monoisotopic (exact) mass is 385 g/mol. The van der Waals surface area contributed by atoms with E-state index in [0.29, 0.717) is 11.8 Å². The van der Waals surface area contributed by atoms with E-state index in [0.717, 1.165) is 35.6 Å². The molecule has 1 aromatic carbocycles. The molecule has 7 heteroatoms. The van der Waals surface area contributed by atoms with Crippen molar-refractivity contribution in [3.05, 3.63) is 59.8 Å². The van der Waals surface area contributed by atoms with Crippen LogP contribution in [0.3, 0.4) is 0 Å². The zero-order chi connectivity index (χ0) is 19.5. The molecule has 142 valence electrons. The minimum atomic E-state index is 0.291. The van der Waals surface area contributed by atoms with Crippen molar-refractivity contribution in [1.82, 2.24) is 9.97 Å². The van der Waals surface area contributed by atoms with Crippen molar-refractivity contribution < 1.29 is 14.3 Å². The minimum Gasteiger partial charge on any atom is -0.497 e. The van der Waals surface area contributed by atoms with Gasteiger partial charge in [0.05, 0.1) is 19.9 Å². The highest BCUT2D eigenvalue weighted by atomic mass is 32.2. The first kappa shape index (κ1) is 20.5. The van der Waals surface area contributed by atoms with Crippen LogP contribution in [0.1, 0.15) is 11.3 Å². The molecule has 0 atom stereocenters. The van der Waals surface area contributed by atoms with Crippen LogP contribution in [0.5, 0.6) is 11.8 Å². The van der Waals surface area contributed by atoms with Crippen molar-refractivity contribution in [2.75, 3.05) is 32.3 Å². The van der Waals surface area contributed by atoms with Crippen LogP contribution in [0, 0.1) is 0 Å². The number of methoxy groups -OCH3 is 2. The molecule has 1 N–H and O–H groups in total. The van der Waals surface area contributed by atoms with Gasteiger partial charge in [-0.25, -0.2) is 0 Å². The van der Waals surface area contributed by atoms with Gasteiger partial charge in [-0.2, -0.15) is 9.97 Å². The van der Waals surface area contributed by atoms with E-state index in [2.05, 4.69) is 15.3 Å². The SMILES string of the molecule is COc1ccc(CCNc2cc(/C(=C/C=C/C=O)SC)nc(OC)n2)cc1. The van der Waals surface area contributed by atoms with Gasteiger partial charge in [0.1, 0.15) is 17.9 Å². The lowest BCUT2D eigenvalue weighted by Gasteiger charge is -2.10. The fourth-order valence-electron chi connectivity index (χ4n) is 2.31. The Kier molecular flexibility index (Phi) is 8.38. The maximum Gasteiger partial charge on any atom is 0.318 e. The second-order valence-electron chi connectivity index (χ2n) is 5.41. The van der Waals surface area contributed by atoms with Gasteiger partial charge < -0.3 is 14.8 Å². The van der Waals surface area contributed by atoms with Crippen molar-refractivity contribution in [1.29, 1.82) is 0 Å². The van der Waals surface area contributed by atoms with Crippen LogP contribution in [-0.2, 0) is 11.2 Å². The molecule has 1 aromatic heterocycles. The van der Waals surface area contributed by atoms with E-state index < -0.39 is 0 Å². The summed E-state index contributed by atoms with van der Waals surface area (Å²) in [5, 5.41) is 3.31. The maximum atomic E-state index is 10.5. The Labute approximate surface area is 163 Å². The number of thioether (sulfide) groups is 1. The summed E-state index contributed by atoms with van der Waals surface area (Å²) in [6.07, 6.45) is 8.49. The number of hydrogen-bond donors (Lipinski definition) is 1. The third-order valence-electron chi connectivity index (χ3n) is 3.68. The summed E-state index contributed by atoms with van der Waals surface area (Å²) in [4.78, 5) is 20.1. The van der Waals surface area contributed by atoms with Crippen molar-refractivity contribution >= 4 is 28.8 Å². The lowest BCUT2D eigenvalue weighted by Crippen LogP contribution is -2.08. The molecular formula is C20H23N3O3S. The summed E-state index contributed by atoms with van der Waals surface area (Å²) in [5.41, 5.74) is 1.94. The van der Waals surface area contributed by atoms with E-state index in [1.165, 1.54) is 30.5 Å². The van der Waals surface area contributed by atoms with Gasteiger partial charge in [0, 0.05) is 17.5 Å². The van der Waals surface area contributed by atoms with E-state index in [1.807, 2.05) is 42.7 Å². The number of aldehydes is 1. The predicted octanol–water partition coefficient (Wildman–Crippen LogP) is 3.61. The summed E-state index contributed by atoms with van der Waals surface area (Å²) in [5.74, 6) is 1.53. The summed E-state index contributed by atoms with van der Waals surface area (Å²) >= 11 is 1.53. The quantitative estimate of drug-likeness (QED) is 0.380. The lowest BCUT2D eigenvalue weighted by molar-refractivity contribution is -0.104. The number of anilines is 1. The molecule has 0 bridgehead atoms. The zero-order valence-electron chi connectivity index (χ0n) is 15.6. The number of allylic oxidation sites excluding steroid dienone is 3. The Morgan fingerprint density at radius 2 is 1.93 bits per heavy atom. The fourth-order valence-corrected chi connectivity index (χ4v) is 2.83. The van der Waals surface area contributed by atoms with Crippen molar-refractivity contribution in [2.24, 2.45) is 0 Å². The molecule has 0 saturated carbocycles. The van der Waals surface area contributed by atoms with Gasteiger partial charge in [-0.1, -0.05) is 18.2 Å². The summed E-state index contributed by atoms with van der Waals surface area (Å²) in [6.45, 7) is 0.718. The molecule has 0 spiro atoms. The number of ether oxygens (including phenoxy) is 2. The summed E-state index contributed by atoms with van der Waals surface area (Å²) in [7, 11) is 3.19. The Bertz CT molecular complexity index is 805. The largest absolute Gasteiger partial charge is 0.497 e. The molecule has 0 unspecified atom stereocenters. The first-order chi connectivity index (χ1) is 13.2. The molecule has 27 heavy (non-hydrogen) atoms. The average Bonchev–Trinajstić information content (AvgIpc) is 2.71. The molecule has 0 saturated heterocycles. The minimum absolute atomic E-state index is 0.291. The fraction of sp³-hybridized carbons (Fsp3) is 0.250. The highest BCUT2D eigenvalue weighted by Crippen LogP contribution is 2.26. The van der Waals surface area contributed by atoms with Gasteiger partial charge in [0.2, 0.25) is 0 Å². The highest BCUT2D eigenvalue weighted by molar-refractivity contribution is 8.07. The molecule has 0 aliphatic carbocycles. The molecule has 6 nitrogen and oxygen atoms in total. The second-order valence-corrected chi connectivity index (χ2v) is 6.25. The molecule has 0 radical (unpaired) electrons. The van der Waals surface area contributed by atoms with E-state index >= 15 is 0 Å². The van der Waals surface area contributed by atoms with Crippen LogP contribution in [0.4, 0.5) is 5.82 Å². The van der Waals surface area contributed by atoms with E-state index in [4.69, 9.17) is 9.47 Å². The number of hydrogen-bond acceptors (Lipinski definition) is 7. The average molecular weight is 385 g/mol. The standard InChI is InChI=1S/C20H23N3O3S/c1-25-16-9-7-15(8-10-16)11-12-21-19-14-17(22-20(23-19)26-2)18(27-3)6-4-5-13-24/h4-10,13-14H,11-12H2,1-3H3,(H,21,22,23)/b5-4+,18-6-. The lowest BCUT2D eigenvalue weighted by atomic mass is 10.1. The molecule has 0 aliphatic heterocycles. The zero-order valence-corrected chi connectivity index (χ0v) is 16.5. The number of benzene rings is 1. The van der Waals surface area contributed by atoms with Gasteiger partial charge in [-0.05, 0) is 42.5 Å². The number of rotatable bonds is 10. The van der Waals surface area contributed by atoms with E-state index in [1.54, 1.807) is 13.2 Å². The molecule has 0 amide bonds. The summed E-state index contributed by atoms with van der Waals surface area (Å²) in [6, 6.07) is 10.1. The molecule has 0 aliphatic rings. The molecule has 2 rings (SSSR count). The highest BCUT2D eigenvalue weighted by Gasteiger charge is 2.08. The first-order valence-corrected chi connectivity index (χ1v) is 9.59. The van der Waals surface area contributed by atoms with Crippen LogP contribution in [0.25, 0.3) is 4.91 Å². The van der Waals surface area contributed by atoms with Gasteiger partial charge in [-0.3, -0.25) is 4.79 Å². The molecule has 2 aromatic rings. The Hall–Kier alpha value is -2.80. The Balaban J connectivity index is 2.10. The van der Waals surface area contributed by atoms with Gasteiger partial charge in [-0.15, -0.1) is 11.8 Å². The van der Waals surface area contributed by atoms with Crippen LogP contribution in [-0.4, -0.2) is 43.3 Å². The number of carbonyl (C=O) groups is 1. The third kappa shape index (κ3) is 6.45. The summed E-state index contributed by atoms with van der Waals surface area (Å²) < 4.78 is 10.4. The number of aromatic nitrogens is 2. The first-order valence-electron chi connectivity index (χ1n) is 8.36. The number of nitrogens with one attached hydrogen (secondary N) is 1. The van der Waals surface area contributed by atoms with Crippen LogP contribution < -0.4 is 14.8 Å². The van der Waals surface area contributed by atoms with Gasteiger partial charge >= 0.3 is 6.01 Å². The smallest absolute Gasteiger partial charge is 0.318 e. The number of carbonyl (C=O) groups excluding carboxylic acids is 1. The third-order valence-corrected chi connectivity index (χ3v) is 4.46. The van der Waals surface area contributed by atoms with Crippen molar-refractivity contribution in [3.63, 3.8) is 0 Å². The Morgan fingerprint density at radius 3 is 2.56 bits per heavy atom. The number of nitrogens with zero attached hydrogens (tertiary/aromatic N) is 2. The normalized spacial score (nSPS) is 11.4. The van der Waals surface area contributed by atoms with Crippen molar-refractivity contribution in [2.45, 2.75) is 6.42 Å². The van der Waals surface area contributed by atoms with Gasteiger partial charge in [0.25, 0.3) is 0 Å². The second kappa shape index (κ2) is 11.0. The Morgan fingerprint density at radius 1 is 1.15 bits per heavy atom. The topological polar surface area (TPSA) is 73.3 Å². The van der Waals surface area contributed by atoms with Crippen LogP contribution >= 0.6 is 11.8 Å². The molecular weight excluding hydrogens is 362 g/mol.